The van der Waals surface area contributed by atoms with Crippen molar-refractivity contribution in [2.24, 2.45) is 5.73 Å². The van der Waals surface area contributed by atoms with Gasteiger partial charge in [-0.3, -0.25) is 0 Å². The van der Waals surface area contributed by atoms with Crippen molar-refractivity contribution < 1.29 is 4.74 Å². The number of pyridine rings is 1. The van der Waals surface area contributed by atoms with Gasteiger partial charge in [-0.2, -0.15) is 0 Å². The van der Waals surface area contributed by atoms with Gasteiger partial charge in [0.05, 0.1) is 7.11 Å². The molecular formula is C11H16N2O. The molecule has 1 unspecified atom stereocenters. The van der Waals surface area contributed by atoms with Crippen LogP contribution in [0.2, 0.25) is 0 Å². The zero-order valence-electron chi connectivity index (χ0n) is 8.82. The molecule has 0 radical (unpaired) electrons. The van der Waals surface area contributed by atoms with Crippen LogP contribution in [0.5, 0.6) is 5.88 Å². The topological polar surface area (TPSA) is 48.1 Å². The van der Waals surface area contributed by atoms with Gasteiger partial charge in [0.25, 0.3) is 0 Å². The largest absolute Gasteiger partial charge is 0.481 e. The number of allylic oxidation sites excluding steroid dienone is 1. The average Bonchev–Trinajstić information content (AvgIpc) is 2.17. The van der Waals surface area contributed by atoms with Crippen molar-refractivity contribution in [3.8, 4) is 5.88 Å². The second kappa shape index (κ2) is 4.77. The smallest absolute Gasteiger partial charge is 0.212 e. The maximum atomic E-state index is 5.93. The van der Waals surface area contributed by atoms with E-state index in [9.17, 15) is 0 Å². The predicted octanol–water partition coefficient (Wildman–Crippen LogP) is 2.06. The van der Waals surface area contributed by atoms with Crippen LogP contribution < -0.4 is 10.5 Å². The molecule has 0 saturated heterocycles. The Bertz CT molecular complexity index is 313. The number of nitrogens with two attached hydrogens (primary N) is 1. The third-order valence-electron chi connectivity index (χ3n) is 1.87. The molecule has 1 rings (SSSR count). The number of ether oxygens (including phenoxy) is 1. The fourth-order valence-corrected chi connectivity index (χ4v) is 1.17. The Hall–Kier alpha value is -1.35. The van der Waals surface area contributed by atoms with Crippen LogP contribution >= 0.6 is 0 Å². The minimum absolute atomic E-state index is 0.0848. The molecule has 0 saturated carbocycles. The Kier molecular flexibility index (Phi) is 3.65. The fraction of sp³-hybridized carbons (Fsp3) is 0.364. The lowest BCUT2D eigenvalue weighted by molar-refractivity contribution is 0.397. The normalized spacial score (nSPS) is 12.0. The quantitative estimate of drug-likeness (QED) is 0.746. The first-order valence-corrected chi connectivity index (χ1v) is 4.54. The highest BCUT2D eigenvalue weighted by molar-refractivity contribution is 5.24. The first-order chi connectivity index (χ1) is 6.63. The molecule has 1 aromatic heterocycles. The summed E-state index contributed by atoms with van der Waals surface area (Å²) in [7, 11) is 1.60. The lowest BCUT2D eigenvalue weighted by Crippen LogP contribution is -2.07. The van der Waals surface area contributed by atoms with E-state index in [1.807, 2.05) is 32.1 Å². The van der Waals surface area contributed by atoms with Crippen molar-refractivity contribution in [2.45, 2.75) is 19.9 Å². The molecule has 0 spiro atoms. The number of aromatic nitrogens is 1. The highest BCUT2D eigenvalue weighted by Crippen LogP contribution is 2.14. The van der Waals surface area contributed by atoms with E-state index in [2.05, 4.69) is 4.98 Å². The Balaban J connectivity index is 2.81. The van der Waals surface area contributed by atoms with Gasteiger partial charge in [0, 0.05) is 18.3 Å². The average molecular weight is 192 g/mol. The van der Waals surface area contributed by atoms with Crippen LogP contribution in [0.15, 0.2) is 30.0 Å². The second-order valence-corrected chi connectivity index (χ2v) is 3.40. The molecule has 0 amide bonds. The highest BCUT2D eigenvalue weighted by Gasteiger charge is 2.02. The van der Waals surface area contributed by atoms with Gasteiger partial charge >= 0.3 is 0 Å². The lowest BCUT2D eigenvalue weighted by atomic mass is 10.1. The summed E-state index contributed by atoms with van der Waals surface area (Å²) >= 11 is 0. The van der Waals surface area contributed by atoms with Crippen LogP contribution in [0.25, 0.3) is 0 Å². The number of nitrogens with zero attached hydrogens (tertiary/aromatic N) is 1. The van der Waals surface area contributed by atoms with Gasteiger partial charge in [-0.1, -0.05) is 17.7 Å². The van der Waals surface area contributed by atoms with Gasteiger partial charge < -0.3 is 10.5 Å². The second-order valence-electron chi connectivity index (χ2n) is 3.40. The summed E-state index contributed by atoms with van der Waals surface area (Å²) in [6.07, 6.45) is 3.74. The third-order valence-corrected chi connectivity index (χ3v) is 1.87. The van der Waals surface area contributed by atoms with Crippen LogP contribution in [-0.2, 0) is 0 Å². The van der Waals surface area contributed by atoms with E-state index < -0.39 is 0 Å². The van der Waals surface area contributed by atoms with Crippen molar-refractivity contribution >= 4 is 0 Å². The molecule has 0 aliphatic rings. The van der Waals surface area contributed by atoms with Crippen molar-refractivity contribution in [3.05, 3.63) is 35.5 Å². The van der Waals surface area contributed by atoms with Gasteiger partial charge in [-0.25, -0.2) is 4.98 Å². The van der Waals surface area contributed by atoms with Gasteiger partial charge in [-0.15, -0.1) is 0 Å². The molecule has 14 heavy (non-hydrogen) atoms. The van der Waals surface area contributed by atoms with E-state index in [1.165, 1.54) is 5.57 Å². The van der Waals surface area contributed by atoms with Gasteiger partial charge in [0.2, 0.25) is 5.88 Å². The molecule has 76 valence electrons. The van der Waals surface area contributed by atoms with Crippen molar-refractivity contribution in [2.75, 3.05) is 7.11 Å². The highest BCUT2D eigenvalue weighted by atomic mass is 16.5. The fourth-order valence-electron chi connectivity index (χ4n) is 1.17. The number of methoxy groups -OCH3 is 1. The zero-order chi connectivity index (χ0) is 10.6. The van der Waals surface area contributed by atoms with Crippen LogP contribution in [0, 0.1) is 0 Å². The van der Waals surface area contributed by atoms with Crippen molar-refractivity contribution in [3.63, 3.8) is 0 Å². The van der Waals surface area contributed by atoms with E-state index in [1.54, 1.807) is 13.3 Å². The lowest BCUT2D eigenvalue weighted by Gasteiger charge is -2.07. The minimum Gasteiger partial charge on any atom is -0.481 e. The molecule has 0 aliphatic carbocycles. The Morgan fingerprint density at radius 3 is 2.64 bits per heavy atom. The van der Waals surface area contributed by atoms with E-state index in [-0.39, 0.29) is 6.04 Å². The summed E-state index contributed by atoms with van der Waals surface area (Å²) in [4.78, 5) is 4.09. The maximum absolute atomic E-state index is 5.93. The standard InChI is InChI=1S/C11H16N2O/c1-8(2)6-10(12)9-4-5-11(14-3)13-7-9/h4-7,10H,12H2,1-3H3. The summed E-state index contributed by atoms with van der Waals surface area (Å²) in [5.41, 5.74) is 8.12. The maximum Gasteiger partial charge on any atom is 0.212 e. The molecule has 0 fully saturated rings. The predicted molar refractivity (Wildman–Crippen MR) is 57.1 cm³/mol. The van der Waals surface area contributed by atoms with E-state index in [0.717, 1.165) is 5.56 Å². The van der Waals surface area contributed by atoms with Crippen LogP contribution in [0.3, 0.4) is 0 Å². The SMILES string of the molecule is COc1ccc(C(N)C=C(C)C)cn1. The van der Waals surface area contributed by atoms with Crippen LogP contribution in [0.1, 0.15) is 25.5 Å². The molecule has 1 aromatic rings. The number of hydrogen-bond acceptors (Lipinski definition) is 3. The van der Waals surface area contributed by atoms with Gasteiger partial charge in [0.15, 0.2) is 0 Å². The first kappa shape index (κ1) is 10.7. The van der Waals surface area contributed by atoms with Crippen molar-refractivity contribution in [1.29, 1.82) is 0 Å². The summed E-state index contributed by atoms with van der Waals surface area (Å²) < 4.78 is 4.96. The summed E-state index contributed by atoms with van der Waals surface area (Å²) in [6, 6.07) is 3.66. The summed E-state index contributed by atoms with van der Waals surface area (Å²) in [5, 5.41) is 0. The minimum atomic E-state index is -0.0848. The molecule has 0 bridgehead atoms. The number of rotatable bonds is 3. The monoisotopic (exact) mass is 192 g/mol. The molecule has 0 aromatic carbocycles. The third kappa shape index (κ3) is 2.85. The van der Waals surface area contributed by atoms with Crippen LogP contribution in [-0.4, -0.2) is 12.1 Å². The molecule has 3 nitrogen and oxygen atoms in total. The van der Waals surface area contributed by atoms with Crippen molar-refractivity contribution in [1.82, 2.24) is 4.98 Å². The zero-order valence-corrected chi connectivity index (χ0v) is 8.82. The number of hydrogen-bond donors (Lipinski definition) is 1. The van der Waals surface area contributed by atoms with E-state index in [4.69, 9.17) is 10.5 Å². The summed E-state index contributed by atoms with van der Waals surface area (Å²) in [5.74, 6) is 0.609. The molecular weight excluding hydrogens is 176 g/mol. The molecule has 3 heteroatoms. The Labute approximate surface area is 84.6 Å². The molecule has 1 atom stereocenters. The Morgan fingerprint density at radius 1 is 1.50 bits per heavy atom. The first-order valence-electron chi connectivity index (χ1n) is 4.54. The Morgan fingerprint density at radius 2 is 2.21 bits per heavy atom. The van der Waals surface area contributed by atoms with Gasteiger partial charge in [-0.05, 0) is 19.4 Å². The molecule has 0 aliphatic heterocycles. The van der Waals surface area contributed by atoms with E-state index in [0.29, 0.717) is 5.88 Å². The van der Waals surface area contributed by atoms with Crippen LogP contribution in [0.4, 0.5) is 0 Å². The van der Waals surface area contributed by atoms with Gasteiger partial charge in [0.1, 0.15) is 0 Å². The summed E-state index contributed by atoms with van der Waals surface area (Å²) in [6.45, 7) is 4.05. The molecule has 2 N–H and O–H groups in total. The van der Waals surface area contributed by atoms with E-state index >= 15 is 0 Å². The molecule has 1 heterocycles.